The minimum atomic E-state index is -0.391. The zero-order valence-corrected chi connectivity index (χ0v) is 12.3. The molecule has 0 aliphatic rings. The van der Waals surface area contributed by atoms with Crippen LogP contribution >= 0.6 is 15.9 Å². The number of rotatable bonds is 4. The molecule has 0 saturated carbocycles. The van der Waals surface area contributed by atoms with E-state index in [0.717, 1.165) is 11.3 Å². The first-order chi connectivity index (χ1) is 9.49. The number of aromatic hydroxyl groups is 1. The normalized spacial score (nSPS) is 10.3. The van der Waals surface area contributed by atoms with E-state index in [-0.39, 0.29) is 11.4 Å². The molecule has 0 atom stereocenters. The van der Waals surface area contributed by atoms with E-state index in [1.807, 2.05) is 0 Å². The van der Waals surface area contributed by atoms with Crippen molar-refractivity contribution >= 4 is 27.3 Å². The van der Waals surface area contributed by atoms with E-state index < -0.39 is 4.92 Å². The van der Waals surface area contributed by atoms with Gasteiger partial charge in [-0.05, 0) is 46.6 Å². The average Bonchev–Trinajstić information content (AvgIpc) is 2.41. The summed E-state index contributed by atoms with van der Waals surface area (Å²) < 4.78 is 0.618. The summed E-state index contributed by atoms with van der Waals surface area (Å²) >= 11 is 3.25. The summed E-state index contributed by atoms with van der Waals surface area (Å²) in [5, 5.41) is 23.5. The van der Waals surface area contributed by atoms with Gasteiger partial charge in [-0.25, -0.2) is 0 Å². The second kappa shape index (κ2) is 5.92. The van der Waals surface area contributed by atoms with Gasteiger partial charge in [-0.15, -0.1) is 0 Å². The van der Waals surface area contributed by atoms with Gasteiger partial charge in [-0.2, -0.15) is 0 Å². The Labute approximate surface area is 124 Å². The Morgan fingerprint density at radius 2 is 2.10 bits per heavy atom. The number of nitrogens with zero attached hydrogens (tertiary/aromatic N) is 1. The largest absolute Gasteiger partial charge is 0.507 e. The molecule has 2 aromatic rings. The second-order valence-electron chi connectivity index (χ2n) is 4.35. The van der Waals surface area contributed by atoms with Gasteiger partial charge < -0.3 is 10.4 Å². The van der Waals surface area contributed by atoms with Gasteiger partial charge in [0, 0.05) is 23.9 Å². The molecular formula is C14H13BrN2O3. The summed E-state index contributed by atoms with van der Waals surface area (Å²) in [5.74, 6) is 0.181. The second-order valence-corrected chi connectivity index (χ2v) is 5.20. The van der Waals surface area contributed by atoms with Crippen molar-refractivity contribution in [1.82, 2.24) is 0 Å². The van der Waals surface area contributed by atoms with Gasteiger partial charge in [-0.1, -0.05) is 12.1 Å². The summed E-state index contributed by atoms with van der Waals surface area (Å²) in [6, 6.07) is 10.1. The Morgan fingerprint density at radius 3 is 2.75 bits per heavy atom. The molecule has 0 aliphatic heterocycles. The van der Waals surface area contributed by atoms with E-state index in [9.17, 15) is 15.2 Å². The highest BCUT2D eigenvalue weighted by atomic mass is 79.9. The van der Waals surface area contributed by atoms with Gasteiger partial charge in [0.2, 0.25) is 0 Å². The minimum absolute atomic E-state index is 0.0990. The van der Waals surface area contributed by atoms with Crippen LogP contribution < -0.4 is 5.32 Å². The summed E-state index contributed by atoms with van der Waals surface area (Å²) in [6.07, 6.45) is 0. The molecule has 2 N–H and O–H groups in total. The standard InChI is InChI=1S/C14H13BrN2O3/c1-9-12(3-2-4-13(9)17(19)20)16-8-10-5-6-14(18)11(15)7-10/h2-7,16,18H,8H2,1H3. The van der Waals surface area contributed by atoms with E-state index in [1.165, 1.54) is 6.07 Å². The van der Waals surface area contributed by atoms with E-state index in [0.29, 0.717) is 16.6 Å². The quantitative estimate of drug-likeness (QED) is 0.654. The number of phenolic OH excluding ortho intramolecular Hbond substituents is 1. The molecular weight excluding hydrogens is 324 g/mol. The molecule has 0 fully saturated rings. The zero-order chi connectivity index (χ0) is 14.7. The summed E-state index contributed by atoms with van der Waals surface area (Å²) in [7, 11) is 0. The molecule has 0 unspecified atom stereocenters. The highest BCUT2D eigenvalue weighted by molar-refractivity contribution is 9.10. The third-order valence-electron chi connectivity index (χ3n) is 3.00. The molecule has 0 aromatic heterocycles. The van der Waals surface area contributed by atoms with Crippen LogP contribution in [0.25, 0.3) is 0 Å². The summed E-state index contributed by atoms with van der Waals surface area (Å²) in [4.78, 5) is 10.5. The predicted molar refractivity (Wildman–Crippen MR) is 81.0 cm³/mol. The van der Waals surface area contributed by atoms with Crippen LogP contribution in [0.5, 0.6) is 5.75 Å². The van der Waals surface area contributed by atoms with Gasteiger partial charge >= 0.3 is 0 Å². The lowest BCUT2D eigenvalue weighted by atomic mass is 10.1. The van der Waals surface area contributed by atoms with Crippen LogP contribution in [0.2, 0.25) is 0 Å². The first-order valence-electron chi connectivity index (χ1n) is 5.94. The number of halogens is 1. The molecule has 2 rings (SSSR count). The molecule has 2 aromatic carbocycles. The average molecular weight is 337 g/mol. The third kappa shape index (κ3) is 3.08. The van der Waals surface area contributed by atoms with Gasteiger partial charge in [0.05, 0.1) is 9.40 Å². The Balaban J connectivity index is 2.17. The van der Waals surface area contributed by atoms with Gasteiger partial charge in [-0.3, -0.25) is 10.1 Å². The van der Waals surface area contributed by atoms with Gasteiger partial charge in [0.25, 0.3) is 5.69 Å². The number of hydrogen-bond donors (Lipinski definition) is 2. The molecule has 20 heavy (non-hydrogen) atoms. The lowest BCUT2D eigenvalue weighted by molar-refractivity contribution is -0.385. The number of hydrogen-bond acceptors (Lipinski definition) is 4. The zero-order valence-electron chi connectivity index (χ0n) is 10.8. The van der Waals surface area contributed by atoms with Crippen molar-refractivity contribution < 1.29 is 10.0 Å². The monoisotopic (exact) mass is 336 g/mol. The van der Waals surface area contributed by atoms with Crippen LogP contribution in [0.15, 0.2) is 40.9 Å². The molecule has 6 heteroatoms. The van der Waals surface area contributed by atoms with Crippen molar-refractivity contribution in [3.8, 4) is 5.75 Å². The molecule has 0 spiro atoms. The van der Waals surface area contributed by atoms with Gasteiger partial charge in [0.15, 0.2) is 0 Å². The maximum Gasteiger partial charge on any atom is 0.274 e. The number of nitrogens with one attached hydrogen (secondary N) is 1. The fourth-order valence-electron chi connectivity index (χ4n) is 1.87. The molecule has 0 radical (unpaired) electrons. The first kappa shape index (κ1) is 14.3. The van der Waals surface area contributed by atoms with Gasteiger partial charge in [0.1, 0.15) is 5.75 Å². The third-order valence-corrected chi connectivity index (χ3v) is 3.63. The SMILES string of the molecule is Cc1c(NCc2ccc(O)c(Br)c2)cccc1[N+](=O)[O-]. The highest BCUT2D eigenvalue weighted by Crippen LogP contribution is 2.27. The smallest absolute Gasteiger partial charge is 0.274 e. The number of anilines is 1. The lowest BCUT2D eigenvalue weighted by Crippen LogP contribution is -2.02. The van der Waals surface area contributed by atoms with Crippen molar-refractivity contribution in [3.63, 3.8) is 0 Å². The van der Waals surface area contributed by atoms with Crippen molar-refractivity contribution in [2.24, 2.45) is 0 Å². The maximum atomic E-state index is 10.9. The van der Waals surface area contributed by atoms with E-state index in [1.54, 1.807) is 37.3 Å². The van der Waals surface area contributed by atoms with E-state index in [4.69, 9.17) is 0 Å². The first-order valence-corrected chi connectivity index (χ1v) is 6.73. The van der Waals surface area contributed by atoms with Crippen molar-refractivity contribution in [1.29, 1.82) is 0 Å². The molecule has 0 heterocycles. The lowest BCUT2D eigenvalue weighted by Gasteiger charge is -2.10. The highest BCUT2D eigenvalue weighted by Gasteiger charge is 2.12. The fraction of sp³-hybridized carbons (Fsp3) is 0.143. The predicted octanol–water partition coefficient (Wildman–Crippen LogP) is 3.98. The maximum absolute atomic E-state index is 10.9. The van der Waals surface area contributed by atoms with Crippen LogP contribution in [0.4, 0.5) is 11.4 Å². The van der Waals surface area contributed by atoms with Crippen LogP contribution in [0.3, 0.4) is 0 Å². The summed E-state index contributed by atoms with van der Waals surface area (Å²) in [5.41, 5.74) is 2.39. The van der Waals surface area contributed by atoms with Crippen LogP contribution in [0.1, 0.15) is 11.1 Å². The number of benzene rings is 2. The minimum Gasteiger partial charge on any atom is -0.507 e. The topological polar surface area (TPSA) is 75.4 Å². The molecule has 0 aliphatic carbocycles. The molecule has 0 saturated heterocycles. The van der Waals surface area contributed by atoms with E-state index >= 15 is 0 Å². The van der Waals surface area contributed by atoms with E-state index in [2.05, 4.69) is 21.2 Å². The molecule has 5 nitrogen and oxygen atoms in total. The Hall–Kier alpha value is -2.08. The van der Waals surface area contributed by atoms with Crippen molar-refractivity contribution in [2.75, 3.05) is 5.32 Å². The molecule has 0 amide bonds. The summed E-state index contributed by atoms with van der Waals surface area (Å²) in [6.45, 7) is 2.23. The Morgan fingerprint density at radius 1 is 1.35 bits per heavy atom. The van der Waals surface area contributed by atoms with Crippen molar-refractivity contribution in [3.05, 3.63) is 62.1 Å². The number of nitro groups is 1. The van der Waals surface area contributed by atoms with Crippen LogP contribution in [-0.4, -0.2) is 10.0 Å². The Kier molecular flexibility index (Phi) is 4.24. The van der Waals surface area contributed by atoms with Crippen LogP contribution in [0, 0.1) is 17.0 Å². The Bertz CT molecular complexity index is 659. The number of phenols is 1. The van der Waals surface area contributed by atoms with Crippen LogP contribution in [-0.2, 0) is 6.54 Å². The number of nitro benzene ring substituents is 1. The molecule has 104 valence electrons. The fourth-order valence-corrected chi connectivity index (χ4v) is 2.30. The van der Waals surface area contributed by atoms with Crippen molar-refractivity contribution in [2.45, 2.75) is 13.5 Å². The molecule has 0 bridgehead atoms.